The molecule has 2 heterocycles. The van der Waals surface area contributed by atoms with E-state index in [0.717, 1.165) is 5.56 Å². The molecule has 1 fully saturated rings. The molecule has 0 atom stereocenters. The van der Waals surface area contributed by atoms with Gasteiger partial charge in [-0.2, -0.15) is 5.10 Å². The second-order valence-corrected chi connectivity index (χ2v) is 7.83. The van der Waals surface area contributed by atoms with Crippen LogP contribution in [-0.2, 0) is 9.53 Å². The van der Waals surface area contributed by atoms with Crippen LogP contribution in [0.2, 0.25) is 0 Å². The zero-order valence-electron chi connectivity index (χ0n) is 19.1. The highest BCUT2D eigenvalue weighted by molar-refractivity contribution is 6.37. The van der Waals surface area contributed by atoms with Crippen LogP contribution in [0.1, 0.15) is 13.8 Å². The minimum Gasteiger partial charge on any atom is -0.456 e. The van der Waals surface area contributed by atoms with E-state index in [4.69, 9.17) is 9.15 Å². The highest BCUT2D eigenvalue weighted by Gasteiger charge is 2.25. The number of anilines is 1. The number of hydrogen-bond acceptors (Lipinski definition) is 7. The topological polar surface area (TPSA) is 104 Å². The minimum atomic E-state index is -0.353. The molecule has 4 rings (SSSR count). The van der Waals surface area contributed by atoms with Gasteiger partial charge >= 0.3 is 6.09 Å². The fourth-order valence-electron chi connectivity index (χ4n) is 3.77. The van der Waals surface area contributed by atoms with E-state index >= 15 is 0 Å². The van der Waals surface area contributed by atoms with Gasteiger partial charge in [0.15, 0.2) is 17.0 Å². The maximum atomic E-state index is 12.6. The van der Waals surface area contributed by atoms with E-state index in [1.54, 1.807) is 30.0 Å². The molecule has 0 unspecified atom stereocenters. The molecule has 176 valence electrons. The van der Waals surface area contributed by atoms with Gasteiger partial charge in [0.2, 0.25) is 0 Å². The van der Waals surface area contributed by atoms with Gasteiger partial charge < -0.3 is 19.0 Å². The first-order valence-corrected chi connectivity index (χ1v) is 11.1. The summed E-state index contributed by atoms with van der Waals surface area (Å²) in [6.07, 6.45) is -0.353. The van der Waals surface area contributed by atoms with Gasteiger partial charge in [0.05, 0.1) is 17.7 Å². The lowest BCUT2D eigenvalue weighted by atomic mass is 10.1. The fraction of sp³-hybridized carbons (Fsp3) is 0.280. The Balaban J connectivity index is 1.53. The second kappa shape index (κ2) is 10.2. The minimum absolute atomic E-state index is 0.140. The molecule has 1 N–H and O–H groups in total. The first-order valence-electron chi connectivity index (χ1n) is 11.1. The highest BCUT2D eigenvalue weighted by atomic mass is 16.6. The van der Waals surface area contributed by atoms with Gasteiger partial charge in [-0.05, 0) is 19.1 Å². The van der Waals surface area contributed by atoms with Crippen LogP contribution in [0.15, 0.2) is 68.9 Å². The molecule has 0 bridgehead atoms. The maximum Gasteiger partial charge on any atom is 0.409 e. The number of nitrogens with zero attached hydrogens (tertiary/aromatic N) is 3. The van der Waals surface area contributed by atoms with Crippen molar-refractivity contribution in [3.05, 3.63) is 64.8 Å². The lowest BCUT2D eigenvalue weighted by molar-refractivity contribution is -0.111. The van der Waals surface area contributed by atoms with Crippen LogP contribution in [0, 0.1) is 0 Å². The third-order valence-electron chi connectivity index (χ3n) is 5.50. The van der Waals surface area contributed by atoms with Gasteiger partial charge in [0.25, 0.3) is 0 Å². The first kappa shape index (κ1) is 23.0. The zero-order valence-corrected chi connectivity index (χ0v) is 19.1. The van der Waals surface area contributed by atoms with Gasteiger partial charge in [0, 0.05) is 50.8 Å². The molecule has 9 nitrogen and oxygen atoms in total. The van der Waals surface area contributed by atoms with Crippen LogP contribution in [0.5, 0.6) is 0 Å². The van der Waals surface area contributed by atoms with Crippen molar-refractivity contribution < 1.29 is 18.7 Å². The van der Waals surface area contributed by atoms with Crippen molar-refractivity contribution in [3.8, 4) is 11.3 Å². The molecule has 2 aromatic carbocycles. The highest BCUT2D eigenvalue weighted by Crippen LogP contribution is 2.24. The predicted molar refractivity (Wildman–Crippen MR) is 130 cm³/mol. The summed E-state index contributed by atoms with van der Waals surface area (Å²) in [5.41, 5.74) is 4.56. The maximum absolute atomic E-state index is 12.6. The van der Waals surface area contributed by atoms with E-state index in [1.807, 2.05) is 35.2 Å². The number of ketones is 1. The van der Waals surface area contributed by atoms with Crippen molar-refractivity contribution in [2.24, 2.45) is 5.10 Å². The number of amidine groups is 1. The number of fused-ring (bicyclic) bond motifs is 1. The van der Waals surface area contributed by atoms with Gasteiger partial charge in [-0.1, -0.05) is 30.3 Å². The first-order chi connectivity index (χ1) is 16.5. The number of carbonyl (C=O) groups is 2. The Morgan fingerprint density at radius 3 is 2.41 bits per heavy atom. The number of carbonyl (C=O) groups excluding carboxylic acids is 2. The van der Waals surface area contributed by atoms with E-state index in [2.05, 4.69) is 10.5 Å². The average molecular weight is 463 g/mol. The molecular weight excluding hydrogens is 436 g/mol. The molecular formula is C25H26N4O5. The molecule has 1 saturated heterocycles. The Kier molecular flexibility index (Phi) is 6.91. The number of nitrogens with one attached hydrogen (secondary N) is 1. The summed E-state index contributed by atoms with van der Waals surface area (Å²) in [4.78, 5) is 40.2. The number of hydrogen-bond donors (Lipinski definition) is 1. The molecule has 1 aliphatic rings. The standard InChI is InChI=1S/C25H26N4O5/c1-3-33-25(32)29-13-11-28(12-14-29)24(17(2)30)27-26-19-9-10-20-21(31)16-22(34-23(20)15-19)18-7-5-4-6-8-18/h4-10,15-16,26H,3,11-14H2,1-2H3/b27-24-. The summed E-state index contributed by atoms with van der Waals surface area (Å²) in [7, 11) is 0. The van der Waals surface area contributed by atoms with Crippen LogP contribution in [0.3, 0.4) is 0 Å². The third-order valence-corrected chi connectivity index (χ3v) is 5.50. The van der Waals surface area contributed by atoms with Crippen LogP contribution in [0.4, 0.5) is 10.5 Å². The monoisotopic (exact) mass is 462 g/mol. The smallest absolute Gasteiger partial charge is 0.409 e. The summed E-state index contributed by atoms with van der Waals surface area (Å²) >= 11 is 0. The molecule has 0 spiro atoms. The van der Waals surface area contributed by atoms with E-state index in [-0.39, 0.29) is 23.1 Å². The molecule has 34 heavy (non-hydrogen) atoms. The molecule has 9 heteroatoms. The third kappa shape index (κ3) is 5.09. The molecule has 0 radical (unpaired) electrons. The molecule has 0 aliphatic carbocycles. The normalized spacial score (nSPS) is 14.2. The number of benzene rings is 2. The van der Waals surface area contributed by atoms with E-state index in [1.165, 1.54) is 13.0 Å². The Hall–Kier alpha value is -4.14. The molecule has 1 aromatic heterocycles. The van der Waals surface area contributed by atoms with Crippen LogP contribution < -0.4 is 10.9 Å². The van der Waals surface area contributed by atoms with Gasteiger partial charge in [-0.25, -0.2) is 4.79 Å². The number of amides is 1. The van der Waals surface area contributed by atoms with Gasteiger partial charge in [0.1, 0.15) is 11.3 Å². The van der Waals surface area contributed by atoms with Gasteiger partial charge in [-0.3, -0.25) is 15.0 Å². The number of Topliss-reactive ketones (excluding diaryl/α,β-unsaturated/α-hetero) is 1. The molecule has 3 aromatic rings. The van der Waals surface area contributed by atoms with Gasteiger partial charge in [-0.15, -0.1) is 0 Å². The SMILES string of the molecule is CCOC(=O)N1CCN(/C(=N\Nc2ccc3c(=O)cc(-c4ccccc4)oc3c2)C(C)=O)CC1. The summed E-state index contributed by atoms with van der Waals surface area (Å²) in [6, 6.07) is 15.9. The Morgan fingerprint density at radius 2 is 1.74 bits per heavy atom. The Labute approximate surface area is 196 Å². The second-order valence-electron chi connectivity index (χ2n) is 7.83. The van der Waals surface area contributed by atoms with E-state index in [0.29, 0.717) is 55.2 Å². The summed E-state index contributed by atoms with van der Waals surface area (Å²) in [5.74, 6) is 0.543. The van der Waals surface area contributed by atoms with Crippen molar-refractivity contribution in [2.75, 3.05) is 38.2 Å². The van der Waals surface area contributed by atoms with Crippen molar-refractivity contribution in [3.63, 3.8) is 0 Å². The average Bonchev–Trinajstić information content (AvgIpc) is 2.85. The summed E-state index contributed by atoms with van der Waals surface area (Å²) < 4.78 is 11.0. The Morgan fingerprint density at radius 1 is 1.03 bits per heavy atom. The molecule has 1 amide bonds. The lowest BCUT2D eigenvalue weighted by Crippen LogP contribution is -2.52. The van der Waals surface area contributed by atoms with Crippen LogP contribution in [-0.4, -0.2) is 60.3 Å². The van der Waals surface area contributed by atoms with Crippen LogP contribution >= 0.6 is 0 Å². The van der Waals surface area contributed by atoms with Crippen molar-refractivity contribution in [2.45, 2.75) is 13.8 Å². The number of piperazine rings is 1. The number of hydrazone groups is 1. The number of rotatable bonds is 5. The summed E-state index contributed by atoms with van der Waals surface area (Å²) in [5, 5.41) is 4.78. The zero-order chi connectivity index (χ0) is 24.1. The molecule has 0 saturated carbocycles. The van der Waals surface area contributed by atoms with E-state index in [9.17, 15) is 14.4 Å². The largest absolute Gasteiger partial charge is 0.456 e. The van der Waals surface area contributed by atoms with Crippen LogP contribution in [0.25, 0.3) is 22.3 Å². The fourth-order valence-corrected chi connectivity index (χ4v) is 3.77. The quantitative estimate of drug-likeness (QED) is 0.351. The lowest BCUT2D eigenvalue weighted by Gasteiger charge is -2.35. The van der Waals surface area contributed by atoms with Crippen molar-refractivity contribution in [1.29, 1.82) is 0 Å². The Bertz CT molecular complexity index is 1280. The van der Waals surface area contributed by atoms with Crippen molar-refractivity contribution in [1.82, 2.24) is 9.80 Å². The van der Waals surface area contributed by atoms with Crippen molar-refractivity contribution >= 4 is 34.4 Å². The summed E-state index contributed by atoms with van der Waals surface area (Å²) in [6.45, 7) is 5.34. The predicted octanol–water partition coefficient (Wildman–Crippen LogP) is 3.55. The molecule has 1 aliphatic heterocycles. The number of ether oxygens (including phenoxy) is 1. The van der Waals surface area contributed by atoms with E-state index < -0.39 is 0 Å².